The number of alkyl halides is 3. The fourth-order valence-electron chi connectivity index (χ4n) is 2.23. The van der Waals surface area contributed by atoms with Crippen molar-refractivity contribution in [2.75, 3.05) is 18.1 Å². The van der Waals surface area contributed by atoms with Crippen LogP contribution < -0.4 is 4.90 Å². The molecule has 0 spiro atoms. The van der Waals surface area contributed by atoms with Crippen molar-refractivity contribution in [3.63, 3.8) is 0 Å². The third-order valence-corrected chi connectivity index (χ3v) is 3.53. The molecule has 1 aliphatic rings. The average Bonchev–Trinajstić information content (AvgIpc) is 2.92. The first kappa shape index (κ1) is 18.3. The first-order valence-corrected chi connectivity index (χ1v) is 7.12. The van der Waals surface area contributed by atoms with Crippen LogP contribution in [0.3, 0.4) is 0 Å². The van der Waals surface area contributed by atoms with Gasteiger partial charge in [0.1, 0.15) is 5.02 Å². The van der Waals surface area contributed by atoms with Gasteiger partial charge in [-0.25, -0.2) is 4.79 Å². The highest BCUT2D eigenvalue weighted by atomic mass is 35.5. The first-order chi connectivity index (χ1) is 11.1. The standard InChI is InChI=1S/C13H12ClF3N2O5/c1-2-23-11(20)10-6-18(12(24-10)13(15,16)17)7-3-4-9(19(21)22)8(14)5-7/h3-5,10,12H,2,6H2,1H3/t10-,12+/m0/s1. The fraction of sp³-hybridized carbons (Fsp3) is 0.462. The van der Waals surface area contributed by atoms with Crippen LogP contribution >= 0.6 is 11.6 Å². The molecule has 2 atom stereocenters. The van der Waals surface area contributed by atoms with Crippen LogP contribution in [0.2, 0.25) is 5.02 Å². The van der Waals surface area contributed by atoms with E-state index < -0.39 is 41.6 Å². The Morgan fingerprint density at radius 1 is 1.54 bits per heavy atom. The lowest BCUT2D eigenvalue weighted by Gasteiger charge is -2.26. The molecular weight excluding hydrogens is 357 g/mol. The monoisotopic (exact) mass is 368 g/mol. The Bertz CT molecular complexity index is 655. The van der Waals surface area contributed by atoms with Gasteiger partial charge < -0.3 is 14.4 Å². The minimum Gasteiger partial charge on any atom is -0.464 e. The van der Waals surface area contributed by atoms with Crippen LogP contribution in [0.1, 0.15) is 6.92 Å². The molecule has 0 aromatic heterocycles. The Labute approximate surface area is 139 Å². The first-order valence-electron chi connectivity index (χ1n) is 6.74. The van der Waals surface area contributed by atoms with Crippen molar-refractivity contribution >= 4 is 28.9 Å². The fourth-order valence-corrected chi connectivity index (χ4v) is 2.47. The molecule has 0 bridgehead atoms. The molecule has 1 saturated heterocycles. The summed E-state index contributed by atoms with van der Waals surface area (Å²) in [6.07, 6.45) is -8.59. The van der Waals surface area contributed by atoms with E-state index in [0.29, 0.717) is 0 Å². The molecule has 0 amide bonds. The molecule has 1 fully saturated rings. The highest BCUT2D eigenvalue weighted by Gasteiger charge is 2.52. The van der Waals surface area contributed by atoms with Gasteiger partial charge in [-0.05, 0) is 19.1 Å². The number of esters is 1. The van der Waals surface area contributed by atoms with Crippen molar-refractivity contribution in [2.24, 2.45) is 0 Å². The summed E-state index contributed by atoms with van der Waals surface area (Å²) < 4.78 is 48.9. The molecule has 0 saturated carbocycles. The number of nitro groups is 1. The molecule has 7 nitrogen and oxygen atoms in total. The number of carbonyl (C=O) groups excluding carboxylic acids is 1. The second-order valence-electron chi connectivity index (χ2n) is 4.82. The zero-order valence-corrected chi connectivity index (χ0v) is 13.0. The van der Waals surface area contributed by atoms with Crippen molar-refractivity contribution in [1.82, 2.24) is 0 Å². The third kappa shape index (κ3) is 3.70. The number of halogens is 4. The van der Waals surface area contributed by atoms with Crippen molar-refractivity contribution in [3.8, 4) is 0 Å². The van der Waals surface area contributed by atoms with Gasteiger partial charge in [-0.3, -0.25) is 10.1 Å². The van der Waals surface area contributed by atoms with E-state index in [9.17, 15) is 28.1 Å². The predicted molar refractivity (Wildman–Crippen MR) is 76.8 cm³/mol. The Hall–Kier alpha value is -2.07. The Balaban J connectivity index is 2.33. The molecule has 24 heavy (non-hydrogen) atoms. The van der Waals surface area contributed by atoms with E-state index in [-0.39, 0.29) is 17.3 Å². The highest BCUT2D eigenvalue weighted by Crippen LogP contribution is 2.37. The van der Waals surface area contributed by atoms with E-state index >= 15 is 0 Å². The summed E-state index contributed by atoms with van der Waals surface area (Å²) in [4.78, 5) is 22.4. The quantitative estimate of drug-likeness (QED) is 0.462. The molecule has 1 aliphatic heterocycles. The van der Waals surface area contributed by atoms with Crippen molar-refractivity contribution in [1.29, 1.82) is 0 Å². The van der Waals surface area contributed by atoms with Gasteiger partial charge in [-0.2, -0.15) is 13.2 Å². The van der Waals surface area contributed by atoms with Gasteiger partial charge in [-0.1, -0.05) is 11.6 Å². The van der Waals surface area contributed by atoms with Gasteiger partial charge in [0.15, 0.2) is 6.10 Å². The zero-order valence-electron chi connectivity index (χ0n) is 12.2. The average molecular weight is 369 g/mol. The molecule has 1 aromatic carbocycles. The maximum atomic E-state index is 13.2. The van der Waals surface area contributed by atoms with Gasteiger partial charge in [0.2, 0.25) is 6.23 Å². The number of carbonyl (C=O) groups is 1. The summed E-state index contributed by atoms with van der Waals surface area (Å²) >= 11 is 5.73. The van der Waals surface area contributed by atoms with E-state index in [1.54, 1.807) is 0 Å². The van der Waals surface area contributed by atoms with E-state index in [4.69, 9.17) is 16.3 Å². The molecule has 2 rings (SSSR count). The van der Waals surface area contributed by atoms with Crippen LogP contribution in [0.5, 0.6) is 0 Å². The van der Waals surface area contributed by atoms with Gasteiger partial charge in [0.25, 0.3) is 5.69 Å². The van der Waals surface area contributed by atoms with Gasteiger partial charge in [0.05, 0.1) is 18.1 Å². The molecule has 0 N–H and O–H groups in total. The van der Waals surface area contributed by atoms with E-state index in [2.05, 4.69) is 4.74 Å². The summed E-state index contributed by atoms with van der Waals surface area (Å²) in [6, 6.07) is 3.12. The minimum atomic E-state index is -4.78. The number of rotatable bonds is 4. The topological polar surface area (TPSA) is 81.9 Å². The number of hydrogen-bond acceptors (Lipinski definition) is 6. The lowest BCUT2D eigenvalue weighted by Crippen LogP contribution is -2.42. The zero-order chi connectivity index (χ0) is 18.1. The Kier molecular flexibility index (Phi) is 5.19. The van der Waals surface area contributed by atoms with Crippen molar-refractivity contribution < 1.29 is 32.4 Å². The van der Waals surface area contributed by atoms with Crippen LogP contribution in [0.25, 0.3) is 0 Å². The van der Waals surface area contributed by atoms with Gasteiger partial charge >= 0.3 is 12.1 Å². The third-order valence-electron chi connectivity index (χ3n) is 3.23. The van der Waals surface area contributed by atoms with Crippen molar-refractivity contribution in [3.05, 3.63) is 33.3 Å². The summed E-state index contributed by atoms with van der Waals surface area (Å²) in [5.74, 6) is -0.915. The largest absolute Gasteiger partial charge is 0.464 e. The summed E-state index contributed by atoms with van der Waals surface area (Å²) in [5, 5.41) is 10.4. The number of nitrogens with zero attached hydrogens (tertiary/aromatic N) is 2. The maximum Gasteiger partial charge on any atom is 0.433 e. The van der Waals surface area contributed by atoms with Crippen LogP contribution in [0, 0.1) is 10.1 Å². The van der Waals surface area contributed by atoms with Crippen LogP contribution in [-0.2, 0) is 14.3 Å². The molecular formula is C13H12ClF3N2O5. The van der Waals surface area contributed by atoms with Crippen molar-refractivity contribution in [2.45, 2.75) is 25.4 Å². The number of ether oxygens (including phenoxy) is 2. The number of nitro benzene ring substituents is 1. The second-order valence-corrected chi connectivity index (χ2v) is 5.22. The predicted octanol–water partition coefficient (Wildman–Crippen LogP) is 2.90. The molecule has 0 radical (unpaired) electrons. The summed E-state index contributed by atoms with van der Waals surface area (Å²) in [6.45, 7) is 1.10. The Morgan fingerprint density at radius 3 is 2.71 bits per heavy atom. The molecule has 132 valence electrons. The Morgan fingerprint density at radius 2 is 2.21 bits per heavy atom. The van der Waals surface area contributed by atoms with Gasteiger partial charge in [0, 0.05) is 11.8 Å². The second kappa shape index (κ2) is 6.81. The smallest absolute Gasteiger partial charge is 0.433 e. The normalized spacial score (nSPS) is 21.0. The van der Waals surface area contributed by atoms with E-state index in [0.717, 1.165) is 23.1 Å². The van der Waals surface area contributed by atoms with E-state index in [1.165, 1.54) is 6.92 Å². The van der Waals surface area contributed by atoms with Crippen LogP contribution in [0.4, 0.5) is 24.5 Å². The SMILES string of the molecule is CCOC(=O)[C@@H]1CN(c2ccc([N+](=O)[O-])c(Cl)c2)[C@@H](C(F)(F)F)O1. The molecule has 0 unspecified atom stereocenters. The molecule has 11 heteroatoms. The number of anilines is 1. The van der Waals surface area contributed by atoms with Crippen LogP contribution in [0.15, 0.2) is 18.2 Å². The highest BCUT2D eigenvalue weighted by molar-refractivity contribution is 6.32. The molecule has 1 heterocycles. The number of benzene rings is 1. The maximum absolute atomic E-state index is 13.2. The number of hydrogen-bond donors (Lipinski definition) is 0. The van der Waals surface area contributed by atoms with Crippen LogP contribution in [-0.4, -0.2) is 42.6 Å². The molecule has 1 aromatic rings. The van der Waals surface area contributed by atoms with E-state index in [1.807, 2.05) is 0 Å². The lowest BCUT2D eigenvalue weighted by molar-refractivity contribution is -0.384. The van der Waals surface area contributed by atoms with Gasteiger partial charge in [-0.15, -0.1) is 0 Å². The summed E-state index contributed by atoms with van der Waals surface area (Å²) in [5.41, 5.74) is -0.495. The lowest BCUT2D eigenvalue weighted by atomic mass is 10.2. The molecule has 0 aliphatic carbocycles. The summed E-state index contributed by atoms with van der Waals surface area (Å²) in [7, 11) is 0. The minimum absolute atomic E-state index is 0.00125.